The molecule has 0 fully saturated rings. The van der Waals surface area contributed by atoms with Crippen molar-refractivity contribution in [3.8, 4) is 0 Å². The van der Waals surface area contributed by atoms with Crippen LogP contribution in [0.4, 0.5) is 39.5 Å². The Morgan fingerprint density at radius 1 is 0.692 bits per heavy atom. The van der Waals surface area contributed by atoms with Crippen LogP contribution in [0, 0.1) is 17.5 Å². The van der Waals surface area contributed by atoms with Crippen LogP contribution in [0.2, 0.25) is 0 Å². The van der Waals surface area contributed by atoms with Crippen LogP contribution in [0.1, 0.15) is 0 Å². The van der Waals surface area contributed by atoms with Crippen LogP contribution in [-0.4, -0.2) is 51.5 Å². The fourth-order valence-electron chi connectivity index (χ4n) is 1.18. The Morgan fingerprint density at radius 2 is 1.04 bits per heavy atom. The van der Waals surface area contributed by atoms with Crippen molar-refractivity contribution in [2.24, 2.45) is 0 Å². The predicted molar refractivity (Wildman–Crippen MR) is 63.8 cm³/mol. The van der Waals surface area contributed by atoms with Crippen molar-refractivity contribution in [3.63, 3.8) is 0 Å². The normalized spacial score (nSPS) is 13.7. The fraction of sp³-hybridized carbons (Fsp3) is 0.250. The van der Waals surface area contributed by atoms with Gasteiger partial charge in [-0.25, -0.2) is 0 Å². The summed E-state index contributed by atoms with van der Waals surface area (Å²) in [6, 6.07) is -0.723. The summed E-state index contributed by atoms with van der Waals surface area (Å²) in [6.45, 7) is 0. The minimum absolute atomic E-state index is 0.353. The Labute approximate surface area is 148 Å². The fourth-order valence-corrected chi connectivity index (χ4v) is 15.9. The van der Waals surface area contributed by atoms with E-state index >= 15 is 0 Å². The summed E-state index contributed by atoms with van der Waals surface area (Å²) in [5.74, 6) is -6.05. The van der Waals surface area contributed by atoms with E-state index in [-0.39, 0.29) is 12.1 Å². The van der Waals surface area contributed by atoms with Crippen molar-refractivity contribution in [1.29, 1.82) is 0 Å². The van der Waals surface area contributed by atoms with Crippen LogP contribution in [0.25, 0.3) is 0 Å². The molecule has 0 aliphatic heterocycles. The van der Waals surface area contributed by atoms with Gasteiger partial charge < -0.3 is 0 Å². The van der Waals surface area contributed by atoms with Gasteiger partial charge >= 0.3 is 148 Å². The summed E-state index contributed by atoms with van der Waals surface area (Å²) in [5, 5.41) is 0. The van der Waals surface area contributed by atoms with Gasteiger partial charge in [0.15, 0.2) is 0 Å². The quantitative estimate of drug-likeness (QED) is 0.212. The van der Waals surface area contributed by atoms with Gasteiger partial charge in [0.1, 0.15) is 0 Å². The molecule has 0 bridgehead atoms. The molecule has 0 unspecified atom stereocenters. The van der Waals surface area contributed by atoms with Gasteiger partial charge in [-0.05, 0) is 0 Å². The summed E-state index contributed by atoms with van der Waals surface area (Å²) in [5.41, 5.74) is -12.5. The first kappa shape index (κ1) is 23.4. The zero-order valence-electron chi connectivity index (χ0n) is 11.4. The van der Waals surface area contributed by atoms with Crippen molar-refractivity contribution in [1.82, 2.24) is 0 Å². The van der Waals surface area contributed by atoms with Crippen LogP contribution in [0.3, 0.4) is 0 Å². The zero-order valence-corrected chi connectivity index (χ0v) is 17.5. The van der Waals surface area contributed by atoms with Gasteiger partial charge in [0.25, 0.3) is 0 Å². The molecule has 26 heavy (non-hydrogen) atoms. The Bertz CT molecular complexity index is 846. The first-order chi connectivity index (χ1) is 11.4. The molecule has 0 atom stereocenters. The van der Waals surface area contributed by atoms with E-state index in [2.05, 4.69) is 4.27 Å². The zero-order chi connectivity index (χ0) is 20.7. The van der Waals surface area contributed by atoms with E-state index in [0.29, 0.717) is 0 Å². The summed E-state index contributed by atoms with van der Waals surface area (Å²) in [7, 11) is -13.5. The molecule has 0 N–H and O–H groups in total. The van der Waals surface area contributed by atoms with Gasteiger partial charge in [-0.3, -0.25) is 0 Å². The molecule has 6 nitrogen and oxygen atoms in total. The molecule has 0 aliphatic carbocycles. The Morgan fingerprint density at radius 3 is 1.38 bits per heavy atom. The topological polar surface area (TPSA) is 86.7 Å². The van der Waals surface area contributed by atoms with Crippen molar-refractivity contribution in [2.45, 2.75) is 11.0 Å². The van der Waals surface area contributed by atoms with Gasteiger partial charge in [0.2, 0.25) is 0 Å². The molecule has 1 rings (SSSR count). The first-order valence-corrected chi connectivity index (χ1v) is 14.2. The molecular formula is C8H2F9O6S2Tl. The number of hydrogen-bond donors (Lipinski definition) is 0. The summed E-state index contributed by atoms with van der Waals surface area (Å²) >= 11 is -6.56. The molecule has 0 aromatic heterocycles. The molecule has 148 valence electrons. The summed E-state index contributed by atoms with van der Waals surface area (Å²) in [6.07, 6.45) is 0. The maximum absolute atomic E-state index is 13.6. The SMILES string of the molecule is O=S(=O)([O][Tl]([O]S(=O)(=O)C(F)(F)F)[c]1cc(F)c(F)cc1F)C(F)(F)F. The standard InChI is InChI=1S/C6H2F3.2CHF3O3S.Tl/c7-4-1-2-5(8)6(9)3-4;2*2-1(3,4)8(5,6)7;/h2-3H;2*(H,5,6,7);/q;;;+2/p-2. The van der Waals surface area contributed by atoms with Gasteiger partial charge in [-0.15, -0.1) is 0 Å². The van der Waals surface area contributed by atoms with E-state index in [1.165, 1.54) is 0 Å². The molecule has 0 radical (unpaired) electrons. The molecular weight excluding hydrogens is 632 g/mol. The Balaban J connectivity index is 3.53. The van der Waals surface area contributed by atoms with E-state index < -0.39 is 75.4 Å². The van der Waals surface area contributed by atoms with Crippen molar-refractivity contribution < 1.29 is 60.6 Å². The predicted octanol–water partition coefficient (Wildman–Crippen LogP) is 1.53. The van der Waals surface area contributed by atoms with Gasteiger partial charge in [0, 0.05) is 0 Å². The molecule has 0 amide bonds. The third kappa shape index (κ3) is 5.19. The second-order valence-electron chi connectivity index (χ2n) is 4.11. The van der Waals surface area contributed by atoms with Crippen LogP contribution in [0.15, 0.2) is 12.1 Å². The monoisotopic (exact) mass is 634 g/mol. The summed E-state index contributed by atoms with van der Waals surface area (Å²) < 4.78 is 162. The second kappa shape index (κ2) is 7.39. The Hall–Kier alpha value is -0.668. The van der Waals surface area contributed by atoms with E-state index in [9.17, 15) is 56.3 Å². The molecule has 1 aromatic rings. The maximum atomic E-state index is 13.6. The van der Waals surface area contributed by atoms with Crippen LogP contribution < -0.4 is 3.12 Å². The minimum atomic E-state index is -6.74. The molecule has 0 heterocycles. The van der Waals surface area contributed by atoms with Crippen molar-refractivity contribution in [2.75, 3.05) is 0 Å². The third-order valence-corrected chi connectivity index (χ3v) is 18.0. The third-order valence-electron chi connectivity index (χ3n) is 2.29. The average Bonchev–Trinajstić information content (AvgIpc) is 2.39. The molecule has 1 aromatic carbocycles. The number of hydrogen-bond acceptors (Lipinski definition) is 6. The van der Waals surface area contributed by atoms with Gasteiger partial charge in [0.05, 0.1) is 0 Å². The molecule has 0 saturated carbocycles. The first-order valence-electron chi connectivity index (χ1n) is 5.52. The molecule has 0 saturated heterocycles. The second-order valence-corrected chi connectivity index (χ2v) is 16.7. The average molecular weight is 634 g/mol. The number of halogens is 9. The Kier molecular flexibility index (Phi) is 6.64. The van der Waals surface area contributed by atoms with Crippen LogP contribution in [0.5, 0.6) is 0 Å². The van der Waals surface area contributed by atoms with E-state index in [1.54, 1.807) is 0 Å². The van der Waals surface area contributed by atoms with Crippen LogP contribution in [-0.2, 0) is 24.5 Å². The van der Waals surface area contributed by atoms with Gasteiger partial charge in [-0.2, -0.15) is 0 Å². The van der Waals surface area contributed by atoms with Gasteiger partial charge in [-0.1, -0.05) is 0 Å². The number of alkyl halides is 6. The van der Waals surface area contributed by atoms with Crippen LogP contribution >= 0.6 is 0 Å². The van der Waals surface area contributed by atoms with E-state index in [4.69, 9.17) is 0 Å². The van der Waals surface area contributed by atoms with Crippen molar-refractivity contribution in [3.05, 3.63) is 29.6 Å². The van der Waals surface area contributed by atoms with E-state index in [1.807, 2.05) is 0 Å². The molecule has 0 aliphatic rings. The molecule has 0 spiro atoms. The number of rotatable bonds is 5. The number of benzene rings is 1. The molecule has 18 heteroatoms. The summed E-state index contributed by atoms with van der Waals surface area (Å²) in [4.78, 5) is 0. The van der Waals surface area contributed by atoms with E-state index in [0.717, 1.165) is 0 Å². The van der Waals surface area contributed by atoms with Crippen molar-refractivity contribution >= 4 is 47.0 Å².